The summed E-state index contributed by atoms with van der Waals surface area (Å²) < 4.78 is 5.85. The lowest BCUT2D eigenvalue weighted by Crippen LogP contribution is -2.35. The smallest absolute Gasteiger partial charge is 0.249 e. The van der Waals surface area contributed by atoms with Crippen LogP contribution in [0.3, 0.4) is 0 Å². The van der Waals surface area contributed by atoms with Gasteiger partial charge < -0.3 is 4.42 Å². The van der Waals surface area contributed by atoms with Crippen LogP contribution in [0.25, 0.3) is 11.5 Å². The standard InChI is InChI=1S/C22H26N4O/c1-17-6-2-3-8-19(17)11-10-18-7-5-13-26(15-18)16-21-24-25-22(27-21)20-9-4-12-23-14-20/h2-4,6,8-9,12,14,18H,5,7,10-11,13,15-16H2,1H3/t18-/m1/s1. The molecule has 0 spiro atoms. The first-order valence-electron chi connectivity index (χ1n) is 9.77. The molecule has 0 N–H and O–H groups in total. The summed E-state index contributed by atoms with van der Waals surface area (Å²) in [6, 6.07) is 12.5. The average molecular weight is 362 g/mol. The molecular weight excluding hydrogens is 336 g/mol. The van der Waals surface area contributed by atoms with Gasteiger partial charge in [-0.2, -0.15) is 0 Å². The van der Waals surface area contributed by atoms with Crippen LogP contribution in [0.2, 0.25) is 0 Å². The predicted octanol–water partition coefficient (Wildman–Crippen LogP) is 4.28. The number of rotatable bonds is 6. The number of aryl methyl sites for hydroxylation is 2. The number of nitrogens with zero attached hydrogens (tertiary/aromatic N) is 4. The van der Waals surface area contributed by atoms with Crippen molar-refractivity contribution in [1.29, 1.82) is 0 Å². The molecule has 3 aromatic rings. The minimum absolute atomic E-state index is 0.547. The van der Waals surface area contributed by atoms with E-state index in [-0.39, 0.29) is 0 Å². The second-order valence-electron chi connectivity index (χ2n) is 7.45. The molecule has 1 aliphatic heterocycles. The number of hydrogen-bond acceptors (Lipinski definition) is 5. The molecule has 0 unspecified atom stereocenters. The summed E-state index contributed by atoms with van der Waals surface area (Å²) in [7, 11) is 0. The summed E-state index contributed by atoms with van der Waals surface area (Å²) in [6.45, 7) is 5.15. The van der Waals surface area contributed by atoms with E-state index in [1.54, 1.807) is 12.4 Å². The fourth-order valence-electron chi connectivity index (χ4n) is 3.90. The van der Waals surface area contributed by atoms with Crippen molar-refractivity contribution in [2.75, 3.05) is 13.1 Å². The van der Waals surface area contributed by atoms with E-state index < -0.39 is 0 Å². The Morgan fingerprint density at radius 1 is 1.15 bits per heavy atom. The van der Waals surface area contributed by atoms with Crippen LogP contribution in [0.4, 0.5) is 0 Å². The van der Waals surface area contributed by atoms with Gasteiger partial charge in [-0.3, -0.25) is 9.88 Å². The lowest BCUT2D eigenvalue weighted by atomic mass is 9.90. The molecule has 1 saturated heterocycles. The van der Waals surface area contributed by atoms with Gasteiger partial charge in [0.2, 0.25) is 11.8 Å². The topological polar surface area (TPSA) is 55.1 Å². The van der Waals surface area contributed by atoms with Gasteiger partial charge in [-0.05, 0) is 68.3 Å². The molecule has 140 valence electrons. The van der Waals surface area contributed by atoms with Crippen LogP contribution >= 0.6 is 0 Å². The highest BCUT2D eigenvalue weighted by atomic mass is 16.4. The largest absolute Gasteiger partial charge is 0.419 e. The molecule has 2 aromatic heterocycles. The molecule has 1 fully saturated rings. The van der Waals surface area contributed by atoms with Crippen molar-refractivity contribution in [2.24, 2.45) is 5.92 Å². The molecule has 0 amide bonds. The van der Waals surface area contributed by atoms with Crippen LogP contribution in [-0.2, 0) is 13.0 Å². The average Bonchev–Trinajstić information content (AvgIpc) is 3.17. The zero-order valence-corrected chi connectivity index (χ0v) is 15.8. The van der Waals surface area contributed by atoms with Crippen molar-refractivity contribution in [2.45, 2.75) is 39.2 Å². The molecule has 4 rings (SSSR count). The quantitative estimate of drug-likeness (QED) is 0.655. The number of hydrogen-bond donors (Lipinski definition) is 0. The zero-order chi connectivity index (χ0) is 18.5. The van der Waals surface area contributed by atoms with Gasteiger partial charge in [0.15, 0.2) is 0 Å². The third-order valence-corrected chi connectivity index (χ3v) is 5.42. The molecule has 0 bridgehead atoms. The number of aromatic nitrogens is 3. The first-order valence-corrected chi connectivity index (χ1v) is 9.77. The molecule has 27 heavy (non-hydrogen) atoms. The van der Waals surface area contributed by atoms with Crippen LogP contribution in [0.5, 0.6) is 0 Å². The van der Waals surface area contributed by atoms with Gasteiger partial charge in [-0.25, -0.2) is 0 Å². The molecule has 0 radical (unpaired) electrons. The Bertz CT molecular complexity index is 862. The summed E-state index contributed by atoms with van der Waals surface area (Å²) in [5.74, 6) is 1.97. The summed E-state index contributed by atoms with van der Waals surface area (Å²) in [6.07, 6.45) is 8.45. The Morgan fingerprint density at radius 2 is 2.07 bits per heavy atom. The first-order chi connectivity index (χ1) is 13.3. The second-order valence-corrected chi connectivity index (χ2v) is 7.45. The molecule has 1 aromatic carbocycles. The summed E-state index contributed by atoms with van der Waals surface area (Å²) >= 11 is 0. The van der Waals surface area contributed by atoms with E-state index in [2.05, 4.69) is 51.3 Å². The number of pyridine rings is 1. The SMILES string of the molecule is Cc1ccccc1CC[C@H]1CCCN(Cc2nnc(-c3cccnc3)o2)C1. The Kier molecular flexibility index (Phi) is 5.58. The highest BCUT2D eigenvalue weighted by Gasteiger charge is 2.22. The van der Waals surface area contributed by atoms with E-state index in [1.165, 1.54) is 30.4 Å². The van der Waals surface area contributed by atoms with E-state index >= 15 is 0 Å². The fourth-order valence-corrected chi connectivity index (χ4v) is 3.90. The third kappa shape index (κ3) is 4.61. The van der Waals surface area contributed by atoms with Gasteiger partial charge in [-0.1, -0.05) is 24.3 Å². The molecule has 1 atom stereocenters. The monoisotopic (exact) mass is 362 g/mol. The van der Waals surface area contributed by atoms with Crippen molar-refractivity contribution in [3.05, 3.63) is 65.8 Å². The summed E-state index contributed by atoms with van der Waals surface area (Å²) in [5, 5.41) is 8.40. The highest BCUT2D eigenvalue weighted by molar-refractivity contribution is 5.49. The lowest BCUT2D eigenvalue weighted by molar-refractivity contribution is 0.150. The Labute approximate surface area is 160 Å². The summed E-state index contributed by atoms with van der Waals surface area (Å²) in [4.78, 5) is 6.56. The Morgan fingerprint density at radius 3 is 2.93 bits per heavy atom. The van der Waals surface area contributed by atoms with E-state index in [4.69, 9.17) is 4.42 Å². The van der Waals surface area contributed by atoms with Crippen molar-refractivity contribution in [3.8, 4) is 11.5 Å². The third-order valence-electron chi connectivity index (χ3n) is 5.42. The van der Waals surface area contributed by atoms with Crippen LogP contribution in [0.1, 0.15) is 36.3 Å². The fraction of sp³-hybridized carbons (Fsp3) is 0.409. The van der Waals surface area contributed by atoms with E-state index in [0.29, 0.717) is 11.8 Å². The van der Waals surface area contributed by atoms with E-state index in [9.17, 15) is 0 Å². The van der Waals surface area contributed by atoms with Crippen molar-refractivity contribution in [3.63, 3.8) is 0 Å². The number of benzene rings is 1. The maximum Gasteiger partial charge on any atom is 0.249 e. The normalized spacial score (nSPS) is 17.9. The molecule has 0 aliphatic carbocycles. The minimum Gasteiger partial charge on any atom is -0.419 e. The minimum atomic E-state index is 0.547. The van der Waals surface area contributed by atoms with Crippen LogP contribution in [0.15, 0.2) is 53.2 Å². The lowest BCUT2D eigenvalue weighted by Gasteiger charge is -2.31. The van der Waals surface area contributed by atoms with Gasteiger partial charge in [0.1, 0.15) is 0 Å². The Balaban J connectivity index is 1.32. The van der Waals surface area contributed by atoms with Gasteiger partial charge in [0, 0.05) is 18.9 Å². The van der Waals surface area contributed by atoms with Crippen molar-refractivity contribution in [1.82, 2.24) is 20.1 Å². The maximum atomic E-state index is 5.85. The summed E-state index contributed by atoms with van der Waals surface area (Å²) in [5.41, 5.74) is 3.75. The van der Waals surface area contributed by atoms with Crippen LogP contribution in [-0.4, -0.2) is 33.2 Å². The van der Waals surface area contributed by atoms with Crippen molar-refractivity contribution < 1.29 is 4.42 Å². The van der Waals surface area contributed by atoms with Gasteiger partial charge in [-0.15, -0.1) is 10.2 Å². The molecule has 5 heteroatoms. The number of likely N-dealkylation sites (tertiary alicyclic amines) is 1. The van der Waals surface area contributed by atoms with Gasteiger partial charge in [0.05, 0.1) is 12.1 Å². The molecule has 0 saturated carbocycles. The highest BCUT2D eigenvalue weighted by Crippen LogP contribution is 2.24. The van der Waals surface area contributed by atoms with E-state index in [1.807, 2.05) is 12.1 Å². The van der Waals surface area contributed by atoms with E-state index in [0.717, 1.165) is 37.5 Å². The molecule has 5 nitrogen and oxygen atoms in total. The zero-order valence-electron chi connectivity index (χ0n) is 15.8. The van der Waals surface area contributed by atoms with Crippen molar-refractivity contribution >= 4 is 0 Å². The van der Waals surface area contributed by atoms with Gasteiger partial charge >= 0.3 is 0 Å². The second kappa shape index (κ2) is 8.44. The molecular formula is C22H26N4O. The predicted molar refractivity (Wildman–Crippen MR) is 105 cm³/mol. The van der Waals surface area contributed by atoms with Gasteiger partial charge in [0.25, 0.3) is 0 Å². The Hall–Kier alpha value is -2.53. The van der Waals surface area contributed by atoms with Crippen LogP contribution in [0, 0.1) is 12.8 Å². The molecule has 1 aliphatic rings. The molecule has 3 heterocycles. The maximum absolute atomic E-state index is 5.85. The van der Waals surface area contributed by atoms with Crippen LogP contribution < -0.4 is 0 Å². The number of piperidine rings is 1. The first kappa shape index (κ1) is 17.9.